The van der Waals surface area contributed by atoms with E-state index in [1.807, 2.05) is 55.1 Å². The summed E-state index contributed by atoms with van der Waals surface area (Å²) in [6, 6.07) is 11.9. The predicted molar refractivity (Wildman–Crippen MR) is 115 cm³/mol. The Bertz CT molecular complexity index is 835. The van der Waals surface area contributed by atoms with Crippen LogP contribution in [-0.2, 0) is 17.9 Å². The molecule has 2 N–H and O–H groups in total. The van der Waals surface area contributed by atoms with E-state index in [0.29, 0.717) is 32.0 Å². The SMILES string of the molecule is CCNC(=NCc1ccc(N2CCCC2=O)cc1)NCc1cccnc1OCC. The monoisotopic (exact) mass is 395 g/mol. The Morgan fingerprint density at radius 2 is 2.03 bits per heavy atom. The lowest BCUT2D eigenvalue weighted by Crippen LogP contribution is -2.36. The van der Waals surface area contributed by atoms with Crippen LogP contribution >= 0.6 is 0 Å². The summed E-state index contributed by atoms with van der Waals surface area (Å²) in [5, 5.41) is 6.60. The van der Waals surface area contributed by atoms with Crippen molar-refractivity contribution >= 4 is 17.6 Å². The molecule has 0 atom stereocenters. The van der Waals surface area contributed by atoms with Gasteiger partial charge in [-0.1, -0.05) is 18.2 Å². The highest BCUT2D eigenvalue weighted by molar-refractivity contribution is 5.95. The van der Waals surface area contributed by atoms with Gasteiger partial charge in [0.25, 0.3) is 0 Å². The maximum absolute atomic E-state index is 11.9. The maximum Gasteiger partial charge on any atom is 0.227 e. The van der Waals surface area contributed by atoms with Crippen LogP contribution in [0.1, 0.15) is 37.8 Å². The smallest absolute Gasteiger partial charge is 0.227 e. The van der Waals surface area contributed by atoms with Crippen molar-refractivity contribution in [1.29, 1.82) is 0 Å². The number of ether oxygens (including phenoxy) is 1. The second-order valence-corrected chi connectivity index (χ2v) is 6.76. The van der Waals surface area contributed by atoms with Gasteiger partial charge in [0.1, 0.15) is 0 Å². The number of hydrogen-bond acceptors (Lipinski definition) is 4. The quantitative estimate of drug-likeness (QED) is 0.531. The number of anilines is 1. The molecule has 1 fully saturated rings. The highest BCUT2D eigenvalue weighted by Crippen LogP contribution is 2.21. The number of amides is 1. The van der Waals surface area contributed by atoms with Crippen LogP contribution in [0.3, 0.4) is 0 Å². The molecule has 154 valence electrons. The molecule has 1 aliphatic rings. The predicted octanol–water partition coefficient (Wildman–Crippen LogP) is 2.86. The molecular weight excluding hydrogens is 366 g/mol. The fourth-order valence-electron chi connectivity index (χ4n) is 3.22. The van der Waals surface area contributed by atoms with Gasteiger partial charge in [0.2, 0.25) is 11.8 Å². The molecule has 7 nitrogen and oxygen atoms in total. The Kier molecular flexibility index (Phi) is 7.44. The second-order valence-electron chi connectivity index (χ2n) is 6.76. The van der Waals surface area contributed by atoms with Crippen molar-refractivity contribution < 1.29 is 9.53 Å². The van der Waals surface area contributed by atoms with Gasteiger partial charge in [-0.05, 0) is 44.0 Å². The molecule has 1 saturated heterocycles. The van der Waals surface area contributed by atoms with Crippen molar-refractivity contribution in [2.45, 2.75) is 39.8 Å². The molecule has 0 saturated carbocycles. The molecule has 1 aromatic heterocycles. The first-order chi connectivity index (χ1) is 14.2. The number of nitrogens with zero attached hydrogens (tertiary/aromatic N) is 3. The minimum Gasteiger partial charge on any atom is -0.478 e. The normalized spacial score (nSPS) is 14.2. The van der Waals surface area contributed by atoms with Crippen molar-refractivity contribution in [2.24, 2.45) is 4.99 Å². The molecule has 0 radical (unpaired) electrons. The topological polar surface area (TPSA) is 78.9 Å². The molecule has 2 heterocycles. The molecular formula is C22H29N5O2. The first-order valence-electron chi connectivity index (χ1n) is 10.2. The number of hydrogen-bond donors (Lipinski definition) is 2. The van der Waals surface area contributed by atoms with Gasteiger partial charge in [-0.15, -0.1) is 0 Å². The number of pyridine rings is 1. The van der Waals surface area contributed by atoms with Crippen molar-refractivity contribution in [1.82, 2.24) is 15.6 Å². The van der Waals surface area contributed by atoms with Crippen molar-refractivity contribution in [3.63, 3.8) is 0 Å². The number of guanidine groups is 1. The minimum absolute atomic E-state index is 0.205. The number of aromatic nitrogens is 1. The zero-order valence-electron chi connectivity index (χ0n) is 17.1. The molecule has 0 bridgehead atoms. The van der Waals surface area contributed by atoms with Crippen LogP contribution in [0.2, 0.25) is 0 Å². The van der Waals surface area contributed by atoms with Gasteiger partial charge in [0, 0.05) is 43.5 Å². The summed E-state index contributed by atoms with van der Waals surface area (Å²) in [4.78, 5) is 22.7. The zero-order valence-corrected chi connectivity index (χ0v) is 17.1. The molecule has 0 aliphatic carbocycles. The van der Waals surface area contributed by atoms with Crippen molar-refractivity contribution in [3.8, 4) is 5.88 Å². The Hall–Kier alpha value is -3.09. The standard InChI is InChI=1S/C22H29N5O2/c1-3-23-22(26-16-18-7-5-13-24-21(18)29-4-2)25-15-17-9-11-19(12-10-17)27-14-6-8-20(27)28/h5,7,9-13H,3-4,6,8,14-16H2,1-2H3,(H2,23,25,26). The van der Waals surface area contributed by atoms with Crippen LogP contribution in [0, 0.1) is 0 Å². The lowest BCUT2D eigenvalue weighted by Gasteiger charge is -2.16. The van der Waals surface area contributed by atoms with Crippen LogP contribution in [0.4, 0.5) is 5.69 Å². The fourth-order valence-corrected chi connectivity index (χ4v) is 3.22. The van der Waals surface area contributed by atoms with Crippen LogP contribution < -0.4 is 20.3 Å². The molecule has 0 unspecified atom stereocenters. The highest BCUT2D eigenvalue weighted by atomic mass is 16.5. The van der Waals surface area contributed by atoms with Crippen LogP contribution in [0.25, 0.3) is 0 Å². The average Bonchev–Trinajstić information content (AvgIpc) is 3.17. The molecule has 29 heavy (non-hydrogen) atoms. The van der Waals surface area contributed by atoms with Gasteiger partial charge in [0.05, 0.1) is 13.2 Å². The highest BCUT2D eigenvalue weighted by Gasteiger charge is 2.21. The first kappa shape index (κ1) is 20.6. The van der Waals surface area contributed by atoms with Gasteiger partial charge >= 0.3 is 0 Å². The van der Waals surface area contributed by atoms with Crippen LogP contribution in [0.15, 0.2) is 47.6 Å². The number of rotatable bonds is 8. The Morgan fingerprint density at radius 1 is 1.21 bits per heavy atom. The van der Waals surface area contributed by atoms with E-state index in [2.05, 4.69) is 20.6 Å². The third-order valence-electron chi connectivity index (χ3n) is 4.66. The van der Waals surface area contributed by atoms with Crippen LogP contribution in [-0.4, -0.2) is 36.5 Å². The largest absolute Gasteiger partial charge is 0.478 e. The fraction of sp³-hybridized carbons (Fsp3) is 0.409. The molecule has 2 aromatic rings. The Morgan fingerprint density at radius 3 is 2.72 bits per heavy atom. The van der Waals surface area contributed by atoms with E-state index < -0.39 is 0 Å². The third-order valence-corrected chi connectivity index (χ3v) is 4.66. The molecule has 1 aliphatic heterocycles. The van der Waals surface area contributed by atoms with E-state index in [-0.39, 0.29) is 5.91 Å². The van der Waals surface area contributed by atoms with Crippen molar-refractivity contribution in [3.05, 3.63) is 53.7 Å². The van der Waals surface area contributed by atoms with E-state index in [1.165, 1.54) is 0 Å². The average molecular weight is 396 g/mol. The summed E-state index contributed by atoms with van der Waals surface area (Å²) in [5.41, 5.74) is 3.04. The molecule has 1 aromatic carbocycles. The number of nitrogens with one attached hydrogen (secondary N) is 2. The summed E-state index contributed by atoms with van der Waals surface area (Å²) in [7, 11) is 0. The maximum atomic E-state index is 11.9. The van der Waals surface area contributed by atoms with E-state index in [0.717, 1.165) is 42.3 Å². The number of aliphatic imine (C=N–C) groups is 1. The van der Waals surface area contributed by atoms with E-state index in [4.69, 9.17) is 4.74 Å². The summed E-state index contributed by atoms with van der Waals surface area (Å²) in [6.07, 6.45) is 3.31. The van der Waals surface area contributed by atoms with Gasteiger partial charge in [-0.2, -0.15) is 0 Å². The third kappa shape index (κ3) is 5.70. The van der Waals surface area contributed by atoms with Crippen molar-refractivity contribution in [2.75, 3.05) is 24.6 Å². The summed E-state index contributed by atoms with van der Waals surface area (Å²) < 4.78 is 5.58. The Labute approximate surface area is 172 Å². The summed E-state index contributed by atoms with van der Waals surface area (Å²) in [5.74, 6) is 1.58. The molecule has 1 amide bonds. The summed E-state index contributed by atoms with van der Waals surface area (Å²) in [6.45, 7) is 7.27. The molecule has 0 spiro atoms. The van der Waals surface area contributed by atoms with Gasteiger partial charge < -0.3 is 20.3 Å². The number of benzene rings is 1. The lowest BCUT2D eigenvalue weighted by molar-refractivity contribution is -0.117. The lowest BCUT2D eigenvalue weighted by atomic mass is 10.2. The minimum atomic E-state index is 0.205. The summed E-state index contributed by atoms with van der Waals surface area (Å²) >= 11 is 0. The van der Waals surface area contributed by atoms with Gasteiger partial charge in [-0.25, -0.2) is 9.98 Å². The van der Waals surface area contributed by atoms with Gasteiger partial charge in [-0.3, -0.25) is 4.79 Å². The van der Waals surface area contributed by atoms with E-state index in [9.17, 15) is 4.79 Å². The number of carbonyl (C=O) groups is 1. The Balaban J connectivity index is 1.61. The zero-order chi connectivity index (χ0) is 20.5. The van der Waals surface area contributed by atoms with Gasteiger partial charge in [0.15, 0.2) is 5.96 Å². The first-order valence-corrected chi connectivity index (χ1v) is 10.2. The second kappa shape index (κ2) is 10.5. The molecule has 3 rings (SSSR count). The van der Waals surface area contributed by atoms with E-state index >= 15 is 0 Å². The number of carbonyl (C=O) groups excluding carboxylic acids is 1. The van der Waals surface area contributed by atoms with E-state index in [1.54, 1.807) is 6.20 Å². The molecule has 7 heteroatoms. The van der Waals surface area contributed by atoms with Crippen LogP contribution in [0.5, 0.6) is 5.88 Å².